The molecule has 4 N–H and O–H groups in total. The zero-order valence-electron chi connectivity index (χ0n) is 26.6. The third kappa shape index (κ3) is 10.4. The summed E-state index contributed by atoms with van der Waals surface area (Å²) in [6, 6.07) is 26.7. The second-order valence-electron chi connectivity index (χ2n) is 11.9. The minimum atomic E-state index is 0.654. The third-order valence-corrected chi connectivity index (χ3v) is 8.47. The van der Waals surface area contributed by atoms with Gasteiger partial charge in [-0.05, 0) is 47.2 Å². The highest BCUT2D eigenvalue weighted by atomic mass is 15.2. The van der Waals surface area contributed by atoms with Crippen molar-refractivity contribution in [2.75, 3.05) is 52.4 Å². The van der Waals surface area contributed by atoms with Crippen LogP contribution in [0.5, 0.6) is 0 Å². The molecule has 0 saturated carbocycles. The fraction of sp³-hybridized carbons (Fsp3) is 0.444. The Morgan fingerprint density at radius 1 is 0.432 bits per heavy atom. The van der Waals surface area contributed by atoms with Gasteiger partial charge in [-0.3, -0.25) is 14.9 Å². The van der Waals surface area contributed by atoms with Gasteiger partial charge in [-0.15, -0.1) is 0 Å². The second-order valence-corrected chi connectivity index (χ2v) is 11.9. The Morgan fingerprint density at radius 2 is 0.727 bits per heavy atom. The first-order chi connectivity index (χ1) is 21.6. The van der Waals surface area contributed by atoms with Gasteiger partial charge in [-0.25, -0.2) is 0 Å². The van der Waals surface area contributed by atoms with E-state index in [1.54, 1.807) is 0 Å². The molecule has 0 radical (unpaired) electrons. The molecule has 0 fully saturated rings. The van der Waals surface area contributed by atoms with Crippen LogP contribution in [0.15, 0.2) is 82.8 Å². The lowest BCUT2D eigenvalue weighted by Gasteiger charge is -2.24. The van der Waals surface area contributed by atoms with E-state index in [0.29, 0.717) is 13.1 Å². The molecule has 0 amide bonds. The van der Waals surface area contributed by atoms with Crippen molar-refractivity contribution >= 4 is 11.7 Å². The van der Waals surface area contributed by atoms with Crippen LogP contribution in [0, 0.1) is 0 Å². The van der Waals surface area contributed by atoms with Crippen molar-refractivity contribution in [2.45, 2.75) is 53.1 Å². The third-order valence-electron chi connectivity index (χ3n) is 8.47. The van der Waals surface area contributed by atoms with Gasteiger partial charge in [0.1, 0.15) is 11.7 Å². The molecule has 8 nitrogen and oxygen atoms in total. The minimum absolute atomic E-state index is 0.654. The number of benzene rings is 3. The highest BCUT2D eigenvalue weighted by Crippen LogP contribution is 2.10. The largest absolute Gasteiger partial charge is 0.318 e. The molecule has 0 atom stereocenters. The first-order valence-electron chi connectivity index (χ1n) is 16.2. The van der Waals surface area contributed by atoms with Crippen LogP contribution in [-0.4, -0.2) is 73.8 Å². The van der Waals surface area contributed by atoms with Gasteiger partial charge < -0.3 is 26.2 Å². The molecule has 12 aliphatic heterocycles. The molecule has 0 saturated heterocycles. The molecule has 3 aromatic rings. The molecule has 12 aliphatic rings. The van der Waals surface area contributed by atoms with Gasteiger partial charge in [-0.2, -0.15) is 0 Å². The van der Waals surface area contributed by atoms with Gasteiger partial charge in [0.2, 0.25) is 0 Å². The molecule has 8 heteroatoms. The summed E-state index contributed by atoms with van der Waals surface area (Å²) in [6.07, 6.45) is 0. The van der Waals surface area contributed by atoms with E-state index in [2.05, 4.69) is 118 Å². The maximum absolute atomic E-state index is 5.01. The lowest BCUT2D eigenvalue weighted by atomic mass is 10.1. The van der Waals surface area contributed by atoms with Crippen molar-refractivity contribution in [3.8, 4) is 0 Å². The van der Waals surface area contributed by atoms with Gasteiger partial charge in [-0.1, -0.05) is 72.8 Å². The molecule has 0 spiro atoms. The summed E-state index contributed by atoms with van der Waals surface area (Å²) < 4.78 is 0. The number of amidine groups is 2. The van der Waals surface area contributed by atoms with E-state index in [-0.39, 0.29) is 0 Å². The Hall–Kier alpha value is -3.40. The SMILES string of the molecule is CC1=NCc2ccc(cc2)CNCCN2CCNCc3ccc(cc3)CN=C(C)N1CCNCc1ccc(cc1)CNCC2. The Balaban J connectivity index is 1.40. The van der Waals surface area contributed by atoms with E-state index in [1.807, 2.05) is 0 Å². The second kappa shape index (κ2) is 17.2. The summed E-state index contributed by atoms with van der Waals surface area (Å²) in [6.45, 7) is 16.5. The maximum Gasteiger partial charge on any atom is 0.101 e. The molecule has 0 unspecified atom stereocenters. The highest BCUT2D eigenvalue weighted by Gasteiger charge is 2.11. The van der Waals surface area contributed by atoms with Crippen molar-refractivity contribution in [1.29, 1.82) is 0 Å². The van der Waals surface area contributed by atoms with Crippen LogP contribution in [0.2, 0.25) is 0 Å². The van der Waals surface area contributed by atoms with E-state index in [1.165, 1.54) is 33.4 Å². The molecular weight excluding hydrogens is 544 g/mol. The topological polar surface area (TPSA) is 79.3 Å². The van der Waals surface area contributed by atoms with E-state index < -0.39 is 0 Å². The molecule has 15 rings (SSSR count). The quantitative estimate of drug-likeness (QED) is 0.316. The fourth-order valence-corrected chi connectivity index (χ4v) is 5.61. The Bertz CT molecular complexity index is 1260. The summed E-state index contributed by atoms with van der Waals surface area (Å²) >= 11 is 0. The van der Waals surface area contributed by atoms with Gasteiger partial charge in [0.15, 0.2) is 0 Å². The van der Waals surface area contributed by atoms with Crippen LogP contribution in [0.1, 0.15) is 47.2 Å². The number of hydrogen-bond acceptors (Lipinski definition) is 8. The molecule has 44 heavy (non-hydrogen) atoms. The molecule has 0 aliphatic carbocycles. The summed E-state index contributed by atoms with van der Waals surface area (Å²) in [5.41, 5.74) is 7.66. The van der Waals surface area contributed by atoms with Crippen molar-refractivity contribution in [3.05, 3.63) is 106 Å². The highest BCUT2D eigenvalue weighted by molar-refractivity contribution is 5.98. The summed E-state index contributed by atoms with van der Waals surface area (Å²) in [5, 5.41) is 14.6. The number of rotatable bonds is 0. The molecule has 8 bridgehead atoms. The van der Waals surface area contributed by atoms with Gasteiger partial charge in [0.05, 0.1) is 13.1 Å². The van der Waals surface area contributed by atoms with Gasteiger partial charge >= 0.3 is 0 Å². The van der Waals surface area contributed by atoms with Crippen molar-refractivity contribution in [1.82, 2.24) is 31.1 Å². The Labute approximate surface area is 264 Å². The van der Waals surface area contributed by atoms with Gasteiger partial charge in [0.25, 0.3) is 0 Å². The van der Waals surface area contributed by atoms with Crippen LogP contribution in [0.4, 0.5) is 0 Å². The van der Waals surface area contributed by atoms with Crippen LogP contribution in [-0.2, 0) is 39.3 Å². The lowest BCUT2D eigenvalue weighted by molar-refractivity contribution is 0.271. The van der Waals surface area contributed by atoms with Crippen LogP contribution < -0.4 is 21.3 Å². The summed E-state index contributed by atoms with van der Waals surface area (Å²) in [7, 11) is 0. The standard InChI is InChI=1S/C36H50N8/c1-29-41-27-35-11-7-33(8-12-35)24-38-16-20-43-19-15-37-23-31-3-5-32(6-4-31)26-40-18-22-44(29)30(2)42-28-36-13-9-34(10-14-36)25-39-17-21-43/h3-14,37-40H,15-28H2,1-2H3. The molecule has 3 aromatic carbocycles. The zero-order valence-corrected chi connectivity index (χ0v) is 26.6. The van der Waals surface area contributed by atoms with E-state index in [9.17, 15) is 0 Å². The molecule has 12 heterocycles. The van der Waals surface area contributed by atoms with Crippen LogP contribution in [0.25, 0.3) is 0 Å². The first kappa shape index (κ1) is 32.0. The lowest BCUT2D eigenvalue weighted by Crippen LogP contribution is -2.40. The average molecular weight is 595 g/mol. The van der Waals surface area contributed by atoms with E-state index in [4.69, 9.17) is 9.98 Å². The number of hydrogen-bond donors (Lipinski definition) is 4. The normalized spacial score (nSPS) is 20.2. The Morgan fingerprint density at radius 3 is 1.07 bits per heavy atom. The van der Waals surface area contributed by atoms with E-state index in [0.717, 1.165) is 90.2 Å². The predicted octanol–water partition coefficient (Wildman–Crippen LogP) is 3.91. The summed E-state index contributed by atoms with van der Waals surface area (Å²) in [4.78, 5) is 14.8. The smallest absolute Gasteiger partial charge is 0.101 e. The maximum atomic E-state index is 5.01. The van der Waals surface area contributed by atoms with Crippen LogP contribution in [0.3, 0.4) is 0 Å². The summed E-state index contributed by atoms with van der Waals surface area (Å²) in [5.74, 6) is 1.98. The van der Waals surface area contributed by atoms with Crippen molar-refractivity contribution < 1.29 is 0 Å². The molecular formula is C36H50N8. The molecule has 234 valence electrons. The zero-order chi connectivity index (χ0) is 30.4. The number of aliphatic imine (C=N–C) groups is 2. The van der Waals surface area contributed by atoms with E-state index >= 15 is 0 Å². The number of nitrogens with one attached hydrogen (secondary N) is 4. The average Bonchev–Trinajstić information content (AvgIpc) is 3.05. The molecule has 0 aromatic heterocycles. The predicted molar refractivity (Wildman–Crippen MR) is 183 cm³/mol. The van der Waals surface area contributed by atoms with Gasteiger partial charge in [0, 0.05) is 78.5 Å². The van der Waals surface area contributed by atoms with Crippen molar-refractivity contribution in [2.24, 2.45) is 9.98 Å². The monoisotopic (exact) mass is 594 g/mol. The number of nitrogens with zero attached hydrogens (tertiary/aromatic N) is 4. The fourth-order valence-electron chi connectivity index (χ4n) is 5.61. The Kier molecular flexibility index (Phi) is 12.5. The first-order valence-corrected chi connectivity index (χ1v) is 16.2. The minimum Gasteiger partial charge on any atom is -0.318 e. The van der Waals surface area contributed by atoms with Crippen LogP contribution >= 0.6 is 0 Å². The van der Waals surface area contributed by atoms with Crippen molar-refractivity contribution in [3.63, 3.8) is 0 Å².